The molecule has 0 aromatic heterocycles. The first-order chi connectivity index (χ1) is 9.39. The lowest BCUT2D eigenvalue weighted by molar-refractivity contribution is -0.147. The number of halogens is 1. The molecule has 1 saturated heterocycles. The molecule has 0 bridgehead atoms. The van der Waals surface area contributed by atoms with Crippen LogP contribution < -0.4 is 5.32 Å². The Labute approximate surface area is 116 Å². The molecule has 1 fully saturated rings. The number of benzene rings is 1. The zero-order chi connectivity index (χ0) is 14.8. The third-order valence-corrected chi connectivity index (χ3v) is 3.54. The summed E-state index contributed by atoms with van der Waals surface area (Å²) in [5, 5.41) is 11.7. The topological polar surface area (TPSA) is 69.6 Å². The van der Waals surface area contributed by atoms with Gasteiger partial charge in [0.1, 0.15) is 5.82 Å². The van der Waals surface area contributed by atoms with Crippen LogP contribution >= 0.6 is 0 Å². The maximum absolute atomic E-state index is 13.0. The Morgan fingerprint density at radius 2 is 2.25 bits per heavy atom. The molecule has 0 radical (unpaired) electrons. The number of amides is 1. The highest BCUT2D eigenvalue weighted by Crippen LogP contribution is 2.29. The third kappa shape index (κ3) is 3.33. The van der Waals surface area contributed by atoms with Crippen LogP contribution in [0.15, 0.2) is 24.3 Å². The number of carbonyl (C=O) groups excluding carboxylic acids is 1. The Balaban J connectivity index is 1.89. The highest BCUT2D eigenvalue weighted by atomic mass is 19.1. The lowest BCUT2D eigenvalue weighted by Gasteiger charge is -2.19. The predicted octanol–water partition coefficient (Wildman–Crippen LogP) is 1.56. The largest absolute Gasteiger partial charge is 0.481 e. The average molecular weight is 280 g/mol. The first kappa shape index (κ1) is 14.5. The van der Waals surface area contributed by atoms with Crippen molar-refractivity contribution in [3.63, 3.8) is 0 Å². The van der Waals surface area contributed by atoms with E-state index < -0.39 is 17.2 Å². The number of carboxylic acid groups (broad SMARTS) is 1. The summed E-state index contributed by atoms with van der Waals surface area (Å²) in [6.45, 7) is 2.71. The molecule has 1 aliphatic heterocycles. The van der Waals surface area contributed by atoms with Gasteiger partial charge >= 0.3 is 5.97 Å². The van der Waals surface area contributed by atoms with Gasteiger partial charge in [0.05, 0.1) is 12.0 Å². The van der Waals surface area contributed by atoms with E-state index in [1.807, 2.05) is 0 Å². The van der Waals surface area contributed by atoms with Crippen molar-refractivity contribution in [1.82, 2.24) is 4.90 Å². The van der Waals surface area contributed by atoms with Crippen molar-refractivity contribution in [2.75, 3.05) is 25.0 Å². The van der Waals surface area contributed by atoms with Gasteiger partial charge in [-0.1, -0.05) is 6.07 Å². The number of nitrogens with one attached hydrogen (secondary N) is 1. The first-order valence-corrected chi connectivity index (χ1v) is 6.40. The molecule has 1 unspecified atom stereocenters. The molecule has 6 heteroatoms. The van der Waals surface area contributed by atoms with Gasteiger partial charge in [0.15, 0.2) is 0 Å². The van der Waals surface area contributed by atoms with Crippen LogP contribution in [0.5, 0.6) is 0 Å². The van der Waals surface area contributed by atoms with E-state index in [0.29, 0.717) is 25.2 Å². The van der Waals surface area contributed by atoms with Crippen molar-refractivity contribution >= 4 is 17.6 Å². The molecule has 1 aromatic rings. The summed E-state index contributed by atoms with van der Waals surface area (Å²) in [4.78, 5) is 24.7. The summed E-state index contributed by atoms with van der Waals surface area (Å²) < 4.78 is 13.0. The quantitative estimate of drug-likeness (QED) is 0.878. The van der Waals surface area contributed by atoms with Crippen LogP contribution in [-0.2, 0) is 9.59 Å². The summed E-state index contributed by atoms with van der Waals surface area (Å²) in [6, 6.07) is 5.66. The van der Waals surface area contributed by atoms with Gasteiger partial charge in [-0.15, -0.1) is 0 Å². The van der Waals surface area contributed by atoms with Crippen LogP contribution in [0.4, 0.5) is 10.1 Å². The molecule has 0 aliphatic carbocycles. The fraction of sp³-hybridized carbons (Fsp3) is 0.429. The molecule has 1 amide bonds. The Kier molecular flexibility index (Phi) is 4.04. The lowest BCUT2D eigenvalue weighted by Crippen LogP contribution is -2.35. The molecule has 2 rings (SSSR count). The van der Waals surface area contributed by atoms with Crippen LogP contribution in [0, 0.1) is 11.2 Å². The summed E-state index contributed by atoms with van der Waals surface area (Å²) in [7, 11) is 0. The molecular formula is C14H17FN2O3. The van der Waals surface area contributed by atoms with Gasteiger partial charge in [-0.3, -0.25) is 14.5 Å². The van der Waals surface area contributed by atoms with Crippen LogP contribution in [0.3, 0.4) is 0 Å². The second kappa shape index (κ2) is 5.58. The molecule has 0 saturated carbocycles. The second-order valence-corrected chi connectivity index (χ2v) is 5.38. The molecule has 108 valence electrons. The predicted molar refractivity (Wildman–Crippen MR) is 71.8 cm³/mol. The maximum atomic E-state index is 13.0. The smallest absolute Gasteiger partial charge is 0.310 e. The van der Waals surface area contributed by atoms with Crippen molar-refractivity contribution in [3.05, 3.63) is 30.1 Å². The van der Waals surface area contributed by atoms with E-state index in [9.17, 15) is 14.0 Å². The van der Waals surface area contributed by atoms with E-state index in [2.05, 4.69) is 5.32 Å². The van der Waals surface area contributed by atoms with Crippen LogP contribution in [-0.4, -0.2) is 41.5 Å². The monoisotopic (exact) mass is 280 g/mol. The summed E-state index contributed by atoms with van der Waals surface area (Å²) in [5.74, 6) is -1.53. The Morgan fingerprint density at radius 1 is 1.50 bits per heavy atom. The van der Waals surface area contributed by atoms with Gasteiger partial charge in [-0.05, 0) is 38.1 Å². The van der Waals surface area contributed by atoms with Crippen molar-refractivity contribution in [1.29, 1.82) is 0 Å². The van der Waals surface area contributed by atoms with E-state index in [0.717, 1.165) is 0 Å². The molecular weight excluding hydrogens is 263 g/mol. The third-order valence-electron chi connectivity index (χ3n) is 3.54. The molecule has 0 spiro atoms. The standard InChI is InChI=1S/C14H17FN2O3/c1-14(13(19)20)5-6-17(9-14)8-12(18)16-11-4-2-3-10(15)7-11/h2-4,7H,5-6,8-9H2,1H3,(H,16,18)(H,19,20). The molecule has 20 heavy (non-hydrogen) atoms. The molecule has 1 aliphatic rings. The SMILES string of the molecule is CC1(C(=O)O)CCN(CC(=O)Nc2cccc(F)c2)C1. The minimum Gasteiger partial charge on any atom is -0.481 e. The molecule has 1 atom stereocenters. The van der Waals surface area contributed by atoms with Crippen molar-refractivity contribution in [2.24, 2.45) is 5.41 Å². The molecule has 5 nitrogen and oxygen atoms in total. The van der Waals surface area contributed by atoms with Crippen molar-refractivity contribution < 1.29 is 19.1 Å². The molecule has 2 N–H and O–H groups in total. The van der Waals surface area contributed by atoms with Crippen LogP contribution in [0.1, 0.15) is 13.3 Å². The highest BCUT2D eigenvalue weighted by molar-refractivity contribution is 5.92. The second-order valence-electron chi connectivity index (χ2n) is 5.38. The fourth-order valence-corrected chi connectivity index (χ4v) is 2.34. The van der Waals surface area contributed by atoms with Gasteiger partial charge in [0.2, 0.25) is 5.91 Å². The van der Waals surface area contributed by atoms with E-state index in [1.165, 1.54) is 18.2 Å². The number of aliphatic carboxylic acids is 1. The lowest BCUT2D eigenvalue weighted by atomic mass is 9.90. The number of rotatable bonds is 4. The van der Waals surface area contributed by atoms with Crippen molar-refractivity contribution in [3.8, 4) is 0 Å². The number of anilines is 1. The molecule has 1 heterocycles. The number of carboxylic acids is 1. The van der Waals surface area contributed by atoms with Gasteiger partial charge in [-0.2, -0.15) is 0 Å². The maximum Gasteiger partial charge on any atom is 0.310 e. The van der Waals surface area contributed by atoms with Gasteiger partial charge in [-0.25, -0.2) is 4.39 Å². The number of likely N-dealkylation sites (tertiary alicyclic amines) is 1. The number of hydrogen-bond donors (Lipinski definition) is 2. The number of nitrogens with zero attached hydrogens (tertiary/aromatic N) is 1. The van der Waals surface area contributed by atoms with Crippen LogP contribution in [0.25, 0.3) is 0 Å². The van der Waals surface area contributed by atoms with Crippen LogP contribution in [0.2, 0.25) is 0 Å². The minimum atomic E-state index is -0.842. The zero-order valence-corrected chi connectivity index (χ0v) is 11.2. The van der Waals surface area contributed by atoms with E-state index in [1.54, 1.807) is 17.9 Å². The minimum absolute atomic E-state index is 0.110. The Hall–Kier alpha value is -1.95. The van der Waals surface area contributed by atoms with Crippen molar-refractivity contribution in [2.45, 2.75) is 13.3 Å². The summed E-state index contributed by atoms with van der Waals surface area (Å²) in [6.07, 6.45) is 0.523. The molecule has 1 aromatic carbocycles. The van der Waals surface area contributed by atoms with Gasteiger partial charge in [0, 0.05) is 12.2 Å². The van der Waals surface area contributed by atoms with Gasteiger partial charge in [0.25, 0.3) is 0 Å². The fourth-order valence-electron chi connectivity index (χ4n) is 2.34. The summed E-state index contributed by atoms with van der Waals surface area (Å²) >= 11 is 0. The first-order valence-electron chi connectivity index (χ1n) is 6.40. The van der Waals surface area contributed by atoms with E-state index in [-0.39, 0.29) is 12.5 Å². The highest BCUT2D eigenvalue weighted by Gasteiger charge is 2.40. The number of carbonyl (C=O) groups is 2. The number of hydrogen-bond acceptors (Lipinski definition) is 3. The Bertz CT molecular complexity index is 535. The Morgan fingerprint density at radius 3 is 2.85 bits per heavy atom. The van der Waals surface area contributed by atoms with E-state index in [4.69, 9.17) is 5.11 Å². The average Bonchev–Trinajstić information content (AvgIpc) is 2.72. The summed E-state index contributed by atoms with van der Waals surface area (Å²) in [5.41, 5.74) is -0.394. The van der Waals surface area contributed by atoms with Gasteiger partial charge < -0.3 is 10.4 Å². The van der Waals surface area contributed by atoms with E-state index >= 15 is 0 Å². The zero-order valence-electron chi connectivity index (χ0n) is 11.2. The normalized spacial score (nSPS) is 22.7.